The number of allylic oxidation sites excluding steroid dienone is 8. The van der Waals surface area contributed by atoms with Crippen LogP contribution in [0.25, 0.3) is 0 Å². The molecule has 0 aliphatic heterocycles. The van der Waals surface area contributed by atoms with Crippen LogP contribution < -0.4 is 0 Å². The topological polar surface area (TPSA) is 0 Å². The van der Waals surface area contributed by atoms with Crippen LogP contribution in [-0.2, 0) is 0 Å². The van der Waals surface area contributed by atoms with Gasteiger partial charge in [-0.3, -0.25) is 0 Å². The van der Waals surface area contributed by atoms with Gasteiger partial charge < -0.3 is 0 Å². The Balaban J connectivity index is 2.01. The van der Waals surface area contributed by atoms with Crippen molar-refractivity contribution in [1.82, 2.24) is 0 Å². The molecule has 3 rings (SSSR count). The zero-order chi connectivity index (χ0) is 8.67. The van der Waals surface area contributed by atoms with Crippen LogP contribution in [0, 0.1) is 5.92 Å². The predicted octanol–water partition coefficient (Wildman–Crippen LogP) is 3.54. The molecule has 66 valence electrons. The summed E-state index contributed by atoms with van der Waals surface area (Å²) in [5, 5.41) is 0. The third-order valence-electron chi connectivity index (χ3n) is 3.27. The molecule has 3 aliphatic rings. The Labute approximate surface area is 79.3 Å². The molecule has 0 bridgehead atoms. The summed E-state index contributed by atoms with van der Waals surface area (Å²) in [5.74, 6) is 0.608. The summed E-state index contributed by atoms with van der Waals surface area (Å²) in [6, 6.07) is 0. The molecule has 0 aromatic rings. The van der Waals surface area contributed by atoms with Crippen molar-refractivity contribution in [3.63, 3.8) is 0 Å². The second-order valence-electron chi connectivity index (χ2n) is 4.15. The predicted molar refractivity (Wildman–Crippen MR) is 55.3 cm³/mol. The molecule has 13 heavy (non-hydrogen) atoms. The lowest BCUT2D eigenvalue weighted by Gasteiger charge is -2.24. The highest BCUT2D eigenvalue weighted by molar-refractivity contribution is 5.51. The van der Waals surface area contributed by atoms with Crippen LogP contribution in [0.2, 0.25) is 0 Å². The Morgan fingerprint density at radius 2 is 1.92 bits per heavy atom. The summed E-state index contributed by atoms with van der Waals surface area (Å²) in [7, 11) is 0. The van der Waals surface area contributed by atoms with E-state index < -0.39 is 0 Å². The van der Waals surface area contributed by atoms with Crippen molar-refractivity contribution in [2.24, 2.45) is 5.92 Å². The molecule has 0 heterocycles. The lowest BCUT2D eigenvalue weighted by Crippen LogP contribution is -2.07. The van der Waals surface area contributed by atoms with E-state index in [1.807, 2.05) is 0 Å². The van der Waals surface area contributed by atoms with Gasteiger partial charge >= 0.3 is 0 Å². The van der Waals surface area contributed by atoms with Gasteiger partial charge in [0.1, 0.15) is 0 Å². The molecule has 3 aliphatic carbocycles. The van der Waals surface area contributed by atoms with Gasteiger partial charge in [0.25, 0.3) is 0 Å². The standard InChI is InChI=1S/C13H14/c1-2-5-11-9-13-7-3-6-12(13)8-10(11)4-1/h3,6-9,12H,1-2,4-5H2. The fraction of sp³-hybridized carbons (Fsp3) is 0.385. The first-order valence-corrected chi connectivity index (χ1v) is 5.23. The van der Waals surface area contributed by atoms with E-state index in [0.29, 0.717) is 5.92 Å². The maximum Gasteiger partial charge on any atom is 0.0207 e. The van der Waals surface area contributed by atoms with E-state index in [-0.39, 0.29) is 0 Å². The van der Waals surface area contributed by atoms with Crippen molar-refractivity contribution in [2.45, 2.75) is 25.7 Å². The fourth-order valence-corrected chi connectivity index (χ4v) is 2.53. The molecule has 0 spiro atoms. The van der Waals surface area contributed by atoms with Crippen LogP contribution in [0.1, 0.15) is 25.7 Å². The number of hydrogen-bond donors (Lipinski definition) is 0. The molecule has 0 nitrogen and oxygen atoms in total. The van der Waals surface area contributed by atoms with Crippen molar-refractivity contribution in [2.75, 3.05) is 0 Å². The lowest BCUT2D eigenvalue weighted by atomic mass is 9.81. The first-order chi connectivity index (χ1) is 6.43. The molecule has 0 N–H and O–H groups in total. The Bertz CT molecular complexity index is 350. The van der Waals surface area contributed by atoms with Crippen LogP contribution in [0.3, 0.4) is 0 Å². The average Bonchev–Trinajstić information content (AvgIpc) is 2.61. The Kier molecular flexibility index (Phi) is 1.55. The van der Waals surface area contributed by atoms with Crippen molar-refractivity contribution in [3.8, 4) is 0 Å². The van der Waals surface area contributed by atoms with Crippen LogP contribution in [-0.4, -0.2) is 0 Å². The summed E-state index contributed by atoms with van der Waals surface area (Å²) < 4.78 is 0. The fourth-order valence-electron chi connectivity index (χ4n) is 2.53. The van der Waals surface area contributed by atoms with Crippen molar-refractivity contribution >= 4 is 0 Å². The minimum Gasteiger partial charge on any atom is -0.0732 e. The van der Waals surface area contributed by atoms with Crippen LogP contribution in [0.15, 0.2) is 47.1 Å². The zero-order valence-corrected chi connectivity index (χ0v) is 7.79. The molecule has 0 aromatic heterocycles. The van der Waals surface area contributed by atoms with Gasteiger partial charge in [0.05, 0.1) is 0 Å². The van der Waals surface area contributed by atoms with Gasteiger partial charge in [-0.2, -0.15) is 0 Å². The highest BCUT2D eigenvalue weighted by Crippen LogP contribution is 2.38. The first kappa shape index (κ1) is 7.37. The van der Waals surface area contributed by atoms with Gasteiger partial charge in [-0.15, -0.1) is 0 Å². The van der Waals surface area contributed by atoms with E-state index in [1.165, 1.54) is 31.3 Å². The molecule has 1 atom stereocenters. The molecule has 0 heteroatoms. The van der Waals surface area contributed by atoms with E-state index in [2.05, 4.69) is 30.4 Å². The SMILES string of the molecule is C1=CC2C=C3CCCCC3=CC2=C1. The molecule has 1 saturated carbocycles. The van der Waals surface area contributed by atoms with E-state index in [0.717, 1.165) is 0 Å². The monoisotopic (exact) mass is 170 g/mol. The average molecular weight is 170 g/mol. The maximum absolute atomic E-state index is 2.46. The van der Waals surface area contributed by atoms with E-state index >= 15 is 0 Å². The molecular formula is C13H14. The van der Waals surface area contributed by atoms with Gasteiger partial charge in [-0.05, 0) is 42.4 Å². The van der Waals surface area contributed by atoms with E-state index in [1.54, 1.807) is 11.1 Å². The van der Waals surface area contributed by atoms with Crippen molar-refractivity contribution < 1.29 is 0 Å². The summed E-state index contributed by atoms with van der Waals surface area (Å²) in [5.41, 5.74) is 4.73. The Morgan fingerprint density at radius 3 is 2.85 bits per heavy atom. The van der Waals surface area contributed by atoms with Crippen molar-refractivity contribution in [1.29, 1.82) is 0 Å². The molecule has 0 aromatic carbocycles. The molecule has 0 saturated heterocycles. The smallest absolute Gasteiger partial charge is 0.0207 e. The van der Waals surface area contributed by atoms with Gasteiger partial charge in [0.15, 0.2) is 0 Å². The molecule has 1 unspecified atom stereocenters. The van der Waals surface area contributed by atoms with E-state index in [4.69, 9.17) is 0 Å². The Hall–Kier alpha value is -1.04. The number of rotatable bonds is 0. The minimum absolute atomic E-state index is 0.608. The summed E-state index contributed by atoms with van der Waals surface area (Å²) in [4.78, 5) is 0. The molecular weight excluding hydrogens is 156 g/mol. The molecule has 1 fully saturated rings. The third-order valence-corrected chi connectivity index (χ3v) is 3.27. The second kappa shape index (κ2) is 2.73. The van der Waals surface area contributed by atoms with Crippen molar-refractivity contribution in [3.05, 3.63) is 47.1 Å². The highest BCUT2D eigenvalue weighted by Gasteiger charge is 2.21. The second-order valence-corrected chi connectivity index (χ2v) is 4.15. The first-order valence-electron chi connectivity index (χ1n) is 5.23. The number of fused-ring (bicyclic) bond motifs is 2. The van der Waals surface area contributed by atoms with Gasteiger partial charge in [0, 0.05) is 5.92 Å². The van der Waals surface area contributed by atoms with Crippen LogP contribution in [0.4, 0.5) is 0 Å². The largest absolute Gasteiger partial charge is 0.0732 e. The Morgan fingerprint density at radius 1 is 1.08 bits per heavy atom. The van der Waals surface area contributed by atoms with Gasteiger partial charge in [0.2, 0.25) is 0 Å². The van der Waals surface area contributed by atoms with Crippen LogP contribution in [0.5, 0.6) is 0 Å². The molecule has 0 amide bonds. The van der Waals surface area contributed by atoms with Crippen LogP contribution >= 0.6 is 0 Å². The summed E-state index contributed by atoms with van der Waals surface area (Å²) >= 11 is 0. The van der Waals surface area contributed by atoms with Gasteiger partial charge in [-0.25, -0.2) is 0 Å². The summed E-state index contributed by atoms with van der Waals surface area (Å²) in [6.07, 6.45) is 17.0. The molecule has 0 radical (unpaired) electrons. The van der Waals surface area contributed by atoms with Gasteiger partial charge in [-0.1, -0.05) is 30.4 Å². The lowest BCUT2D eigenvalue weighted by molar-refractivity contribution is 0.667. The highest BCUT2D eigenvalue weighted by atomic mass is 14.3. The summed E-state index contributed by atoms with van der Waals surface area (Å²) in [6.45, 7) is 0. The number of hydrogen-bond acceptors (Lipinski definition) is 0. The maximum atomic E-state index is 2.46. The minimum atomic E-state index is 0.608. The quantitative estimate of drug-likeness (QED) is 0.521. The third kappa shape index (κ3) is 1.13. The zero-order valence-electron chi connectivity index (χ0n) is 7.79. The van der Waals surface area contributed by atoms with E-state index in [9.17, 15) is 0 Å². The normalized spacial score (nSPS) is 30.2.